The standard InChI is InChI=1S/C13H15N3O2/c1-16(6-8-4-10(8)13(17)18)9-2-3-11-12(5-9)15-7-14-11/h2-3,5,7-8,10H,4,6H2,1H3,(H,14,15)(H,17,18). The van der Waals surface area contributed by atoms with Gasteiger partial charge in [-0.15, -0.1) is 0 Å². The highest BCUT2D eigenvalue weighted by atomic mass is 16.4. The highest BCUT2D eigenvalue weighted by molar-refractivity contribution is 5.79. The SMILES string of the molecule is CN(CC1CC1C(=O)O)c1ccc2nc[nH]c2c1. The van der Waals surface area contributed by atoms with E-state index < -0.39 is 5.97 Å². The Balaban J connectivity index is 1.72. The average molecular weight is 245 g/mol. The summed E-state index contributed by atoms with van der Waals surface area (Å²) >= 11 is 0. The average Bonchev–Trinajstić information content (AvgIpc) is 2.96. The third-order valence-corrected chi connectivity index (χ3v) is 3.59. The largest absolute Gasteiger partial charge is 0.481 e. The lowest BCUT2D eigenvalue weighted by molar-refractivity contribution is -0.138. The lowest BCUT2D eigenvalue weighted by Gasteiger charge is -2.19. The van der Waals surface area contributed by atoms with Gasteiger partial charge in [-0.25, -0.2) is 4.98 Å². The molecule has 2 atom stereocenters. The molecule has 0 aliphatic heterocycles. The first-order valence-corrected chi connectivity index (χ1v) is 6.02. The lowest BCUT2D eigenvalue weighted by atomic mass is 10.2. The molecule has 0 saturated heterocycles. The van der Waals surface area contributed by atoms with Crippen LogP contribution in [0.25, 0.3) is 11.0 Å². The Bertz CT molecular complexity index is 593. The highest BCUT2D eigenvalue weighted by Gasteiger charge is 2.43. The van der Waals surface area contributed by atoms with Gasteiger partial charge in [0.15, 0.2) is 0 Å². The number of anilines is 1. The molecule has 5 heteroatoms. The molecule has 1 fully saturated rings. The number of aromatic nitrogens is 2. The fraction of sp³-hybridized carbons (Fsp3) is 0.385. The summed E-state index contributed by atoms with van der Waals surface area (Å²) in [5.41, 5.74) is 3.04. The van der Waals surface area contributed by atoms with Crippen molar-refractivity contribution in [1.82, 2.24) is 9.97 Å². The van der Waals surface area contributed by atoms with Crippen LogP contribution in [0, 0.1) is 11.8 Å². The number of fused-ring (bicyclic) bond motifs is 1. The second-order valence-corrected chi connectivity index (χ2v) is 4.93. The summed E-state index contributed by atoms with van der Waals surface area (Å²) < 4.78 is 0. The van der Waals surface area contributed by atoms with E-state index in [0.29, 0.717) is 0 Å². The summed E-state index contributed by atoms with van der Waals surface area (Å²) in [6.07, 6.45) is 2.47. The number of rotatable bonds is 4. The topological polar surface area (TPSA) is 69.2 Å². The molecule has 2 aromatic rings. The van der Waals surface area contributed by atoms with Crippen molar-refractivity contribution in [2.24, 2.45) is 11.8 Å². The Kier molecular flexibility index (Phi) is 2.47. The molecule has 1 aromatic carbocycles. The van der Waals surface area contributed by atoms with Crippen LogP contribution >= 0.6 is 0 Å². The van der Waals surface area contributed by atoms with E-state index in [4.69, 9.17) is 5.11 Å². The summed E-state index contributed by atoms with van der Waals surface area (Å²) in [6, 6.07) is 6.03. The summed E-state index contributed by atoms with van der Waals surface area (Å²) in [7, 11) is 1.99. The maximum Gasteiger partial charge on any atom is 0.306 e. The smallest absolute Gasteiger partial charge is 0.306 e. The molecule has 0 amide bonds. The Hall–Kier alpha value is -2.04. The van der Waals surface area contributed by atoms with Crippen molar-refractivity contribution in [3.8, 4) is 0 Å². The van der Waals surface area contributed by atoms with Gasteiger partial charge in [0.2, 0.25) is 0 Å². The van der Waals surface area contributed by atoms with E-state index in [-0.39, 0.29) is 11.8 Å². The minimum atomic E-state index is -0.669. The van der Waals surface area contributed by atoms with Crippen molar-refractivity contribution in [2.75, 3.05) is 18.5 Å². The molecule has 1 aromatic heterocycles. The fourth-order valence-corrected chi connectivity index (χ4v) is 2.37. The minimum absolute atomic E-state index is 0.150. The van der Waals surface area contributed by atoms with Crippen LogP contribution in [0.1, 0.15) is 6.42 Å². The Morgan fingerprint density at radius 1 is 1.61 bits per heavy atom. The molecule has 0 radical (unpaired) electrons. The molecular formula is C13H15N3O2. The molecule has 1 aliphatic carbocycles. The molecule has 1 aliphatic rings. The van der Waals surface area contributed by atoms with Crippen LogP contribution in [0.3, 0.4) is 0 Å². The van der Waals surface area contributed by atoms with Gasteiger partial charge in [0.25, 0.3) is 0 Å². The number of carboxylic acids is 1. The number of carbonyl (C=O) groups is 1. The van der Waals surface area contributed by atoms with Gasteiger partial charge in [-0.05, 0) is 30.5 Å². The second kappa shape index (κ2) is 4.01. The van der Waals surface area contributed by atoms with E-state index in [1.807, 2.05) is 25.2 Å². The van der Waals surface area contributed by atoms with E-state index in [2.05, 4.69) is 14.9 Å². The normalized spacial score (nSPS) is 22.1. The molecule has 1 heterocycles. The number of aromatic amines is 1. The molecule has 18 heavy (non-hydrogen) atoms. The van der Waals surface area contributed by atoms with E-state index in [0.717, 1.165) is 29.7 Å². The summed E-state index contributed by atoms with van der Waals surface area (Å²) in [5, 5.41) is 8.89. The number of carboxylic acid groups (broad SMARTS) is 1. The number of hydrogen-bond acceptors (Lipinski definition) is 3. The minimum Gasteiger partial charge on any atom is -0.481 e. The van der Waals surface area contributed by atoms with E-state index in [1.54, 1.807) is 6.33 Å². The molecule has 5 nitrogen and oxygen atoms in total. The molecule has 3 rings (SSSR count). The van der Waals surface area contributed by atoms with Gasteiger partial charge in [0, 0.05) is 19.3 Å². The van der Waals surface area contributed by atoms with Crippen LogP contribution in [0.5, 0.6) is 0 Å². The van der Waals surface area contributed by atoms with Crippen LogP contribution in [-0.2, 0) is 4.79 Å². The van der Waals surface area contributed by atoms with Crippen molar-refractivity contribution < 1.29 is 9.90 Å². The van der Waals surface area contributed by atoms with Crippen molar-refractivity contribution in [2.45, 2.75) is 6.42 Å². The Morgan fingerprint density at radius 3 is 3.17 bits per heavy atom. The van der Waals surface area contributed by atoms with E-state index in [1.165, 1.54) is 0 Å². The lowest BCUT2D eigenvalue weighted by Crippen LogP contribution is -2.21. The number of nitrogens with one attached hydrogen (secondary N) is 1. The quantitative estimate of drug-likeness (QED) is 0.860. The van der Waals surface area contributed by atoms with Crippen LogP contribution in [0.2, 0.25) is 0 Å². The zero-order valence-electron chi connectivity index (χ0n) is 10.1. The predicted octanol–water partition coefficient (Wildman–Crippen LogP) is 1.72. The first kappa shape index (κ1) is 11.1. The molecule has 0 bridgehead atoms. The third-order valence-electron chi connectivity index (χ3n) is 3.59. The fourth-order valence-electron chi connectivity index (χ4n) is 2.37. The summed E-state index contributed by atoms with van der Waals surface area (Å²) in [6.45, 7) is 0.788. The van der Waals surface area contributed by atoms with Gasteiger partial charge < -0.3 is 15.0 Å². The molecule has 2 unspecified atom stereocenters. The van der Waals surface area contributed by atoms with Gasteiger partial charge >= 0.3 is 5.97 Å². The Morgan fingerprint density at radius 2 is 2.44 bits per heavy atom. The number of benzene rings is 1. The molecule has 94 valence electrons. The van der Waals surface area contributed by atoms with Gasteiger partial charge in [-0.1, -0.05) is 0 Å². The van der Waals surface area contributed by atoms with Crippen molar-refractivity contribution in [1.29, 1.82) is 0 Å². The first-order chi connectivity index (χ1) is 8.65. The van der Waals surface area contributed by atoms with Crippen molar-refractivity contribution in [3.63, 3.8) is 0 Å². The maximum atomic E-state index is 10.8. The zero-order valence-corrected chi connectivity index (χ0v) is 10.1. The van der Waals surface area contributed by atoms with E-state index >= 15 is 0 Å². The maximum absolute atomic E-state index is 10.8. The van der Waals surface area contributed by atoms with Crippen LogP contribution in [0.15, 0.2) is 24.5 Å². The molecular weight excluding hydrogens is 230 g/mol. The van der Waals surface area contributed by atoms with Gasteiger partial charge in [0.05, 0.1) is 23.3 Å². The first-order valence-electron chi connectivity index (χ1n) is 6.02. The monoisotopic (exact) mass is 245 g/mol. The van der Waals surface area contributed by atoms with Crippen LogP contribution in [-0.4, -0.2) is 34.6 Å². The van der Waals surface area contributed by atoms with E-state index in [9.17, 15) is 4.79 Å². The van der Waals surface area contributed by atoms with Crippen molar-refractivity contribution in [3.05, 3.63) is 24.5 Å². The highest BCUT2D eigenvalue weighted by Crippen LogP contribution is 2.39. The summed E-state index contributed by atoms with van der Waals surface area (Å²) in [4.78, 5) is 20.2. The van der Waals surface area contributed by atoms with Gasteiger partial charge in [-0.3, -0.25) is 4.79 Å². The van der Waals surface area contributed by atoms with Crippen LogP contribution in [0.4, 0.5) is 5.69 Å². The molecule has 2 N–H and O–H groups in total. The van der Waals surface area contributed by atoms with Gasteiger partial charge in [-0.2, -0.15) is 0 Å². The van der Waals surface area contributed by atoms with Crippen molar-refractivity contribution >= 4 is 22.7 Å². The number of aliphatic carboxylic acids is 1. The number of H-pyrrole nitrogens is 1. The molecule has 1 saturated carbocycles. The Labute approximate surface area is 104 Å². The zero-order chi connectivity index (χ0) is 12.7. The van der Waals surface area contributed by atoms with Gasteiger partial charge in [0.1, 0.15) is 0 Å². The third kappa shape index (κ3) is 1.92. The number of hydrogen-bond donors (Lipinski definition) is 2. The molecule has 0 spiro atoms. The summed E-state index contributed by atoms with van der Waals surface area (Å²) in [5.74, 6) is -0.536. The number of imidazole rings is 1. The second-order valence-electron chi connectivity index (χ2n) is 4.93. The number of nitrogens with zero attached hydrogens (tertiary/aromatic N) is 2. The van der Waals surface area contributed by atoms with Crippen LogP contribution < -0.4 is 4.90 Å². The predicted molar refractivity (Wildman–Crippen MR) is 68.6 cm³/mol.